The molecule has 1 aliphatic heterocycles. The van der Waals surface area contributed by atoms with Crippen molar-refractivity contribution in [3.63, 3.8) is 0 Å². The minimum atomic E-state index is -3.27. The summed E-state index contributed by atoms with van der Waals surface area (Å²) in [5, 5.41) is 10.0. The monoisotopic (exact) mass is 569 g/mol. The molecule has 200 valence electrons. The van der Waals surface area contributed by atoms with E-state index in [1.807, 2.05) is 0 Å². The number of hydrogen-bond donors (Lipinski definition) is 1. The Balaban J connectivity index is 1.82. The summed E-state index contributed by atoms with van der Waals surface area (Å²) in [5.41, 5.74) is -0.0174. The summed E-state index contributed by atoms with van der Waals surface area (Å²) in [4.78, 5) is 27.5. The average molecular weight is 571 g/mol. The lowest BCUT2D eigenvalue weighted by Crippen LogP contribution is -2.55. The predicted octanol–water partition coefficient (Wildman–Crippen LogP) is 6.03. The molecule has 4 rings (SSSR count). The highest BCUT2D eigenvalue weighted by Gasteiger charge is 2.52. The smallest absolute Gasteiger partial charge is 0.304 e. The second kappa shape index (κ2) is 10.5. The Morgan fingerprint density at radius 2 is 1.78 bits per heavy atom. The van der Waals surface area contributed by atoms with Crippen molar-refractivity contribution in [3.05, 3.63) is 69.5 Å². The first-order valence-electron chi connectivity index (χ1n) is 12.3. The predicted molar refractivity (Wildman–Crippen MR) is 141 cm³/mol. The van der Waals surface area contributed by atoms with Crippen molar-refractivity contribution >= 4 is 44.9 Å². The first kappa shape index (κ1) is 27.9. The largest absolute Gasteiger partial charge is 0.481 e. The van der Waals surface area contributed by atoms with E-state index in [1.54, 1.807) is 49.1 Å². The highest BCUT2D eigenvalue weighted by Crippen LogP contribution is 2.52. The molecule has 1 saturated heterocycles. The molecule has 2 fully saturated rings. The van der Waals surface area contributed by atoms with E-state index in [4.69, 9.17) is 23.2 Å². The van der Waals surface area contributed by atoms with Crippen molar-refractivity contribution in [3.8, 4) is 0 Å². The van der Waals surface area contributed by atoms with Gasteiger partial charge in [0.15, 0.2) is 9.84 Å². The third kappa shape index (κ3) is 6.13. The summed E-state index contributed by atoms with van der Waals surface area (Å²) in [6.45, 7) is 3.39. The Kier molecular flexibility index (Phi) is 7.94. The average Bonchev–Trinajstić information content (AvgIpc) is 3.65. The van der Waals surface area contributed by atoms with Gasteiger partial charge in [-0.2, -0.15) is 0 Å². The molecule has 2 aromatic rings. The van der Waals surface area contributed by atoms with Gasteiger partial charge in [0.05, 0.1) is 28.9 Å². The van der Waals surface area contributed by atoms with Gasteiger partial charge >= 0.3 is 5.97 Å². The van der Waals surface area contributed by atoms with Crippen LogP contribution in [0.4, 0.5) is 4.39 Å². The summed E-state index contributed by atoms with van der Waals surface area (Å²) in [6, 6.07) is 10.0. The molecule has 4 atom stereocenters. The highest BCUT2D eigenvalue weighted by molar-refractivity contribution is 7.92. The number of carboxylic acids is 1. The fraction of sp³-hybridized carbons (Fsp3) is 0.481. The Labute approximate surface area is 226 Å². The minimum Gasteiger partial charge on any atom is -0.481 e. The molecule has 2 aliphatic rings. The normalized spacial score (nSPS) is 25.2. The van der Waals surface area contributed by atoms with Crippen LogP contribution in [0, 0.1) is 11.2 Å². The molecule has 1 N–H and O–H groups in total. The Morgan fingerprint density at radius 1 is 1.14 bits per heavy atom. The number of piperidine rings is 1. The Hall–Kier alpha value is -2.16. The number of benzene rings is 2. The molecule has 6 nitrogen and oxygen atoms in total. The number of sulfone groups is 1. The Bertz CT molecular complexity index is 1280. The van der Waals surface area contributed by atoms with Crippen LogP contribution in [0.15, 0.2) is 42.5 Å². The van der Waals surface area contributed by atoms with E-state index in [0.717, 1.165) is 5.56 Å². The van der Waals surface area contributed by atoms with Crippen LogP contribution in [0.2, 0.25) is 10.0 Å². The van der Waals surface area contributed by atoms with Crippen LogP contribution in [-0.2, 0) is 19.4 Å². The van der Waals surface area contributed by atoms with Gasteiger partial charge in [-0.3, -0.25) is 9.59 Å². The van der Waals surface area contributed by atoms with Gasteiger partial charge in [-0.05, 0) is 74.1 Å². The molecule has 2 aromatic carbocycles. The summed E-state index contributed by atoms with van der Waals surface area (Å²) < 4.78 is 39.8. The number of aliphatic carboxylic acids is 1. The quantitative estimate of drug-likeness (QED) is 0.398. The van der Waals surface area contributed by atoms with Gasteiger partial charge in [-0.15, -0.1) is 0 Å². The molecule has 1 saturated carbocycles. The number of carbonyl (C=O) groups is 2. The second-order valence-corrected chi connectivity index (χ2v) is 13.8. The van der Waals surface area contributed by atoms with Gasteiger partial charge in [0.1, 0.15) is 5.82 Å². The van der Waals surface area contributed by atoms with Crippen molar-refractivity contribution in [2.24, 2.45) is 5.41 Å². The molecular formula is C27H30Cl2FNO5S. The number of carboxylic acid groups (broad SMARTS) is 1. The molecule has 1 amide bonds. The van der Waals surface area contributed by atoms with E-state index in [1.165, 1.54) is 12.1 Å². The minimum absolute atomic E-state index is 0.0674. The number of carbonyl (C=O) groups excluding carboxylic acids is 1. The summed E-state index contributed by atoms with van der Waals surface area (Å²) in [7, 11) is -3.27. The lowest BCUT2D eigenvalue weighted by molar-refractivity contribution is -0.160. The first-order chi connectivity index (χ1) is 17.3. The van der Waals surface area contributed by atoms with Crippen LogP contribution < -0.4 is 0 Å². The lowest BCUT2D eigenvalue weighted by Gasteiger charge is -2.51. The van der Waals surface area contributed by atoms with Gasteiger partial charge in [0, 0.05) is 22.0 Å². The SMILES string of the molecule is C[C@@H](CCS(=O)(=O)C1CC1)N1C(=O)[C@@](C)(CC(=O)O)C[C@H](c2cc(F)cc(Cl)c2)[C@H]1c1ccc(Cl)cc1. The maximum atomic E-state index is 14.5. The van der Waals surface area contributed by atoms with Gasteiger partial charge < -0.3 is 10.0 Å². The maximum Gasteiger partial charge on any atom is 0.304 e. The first-order valence-corrected chi connectivity index (χ1v) is 14.8. The van der Waals surface area contributed by atoms with Crippen molar-refractivity contribution in [1.82, 2.24) is 4.90 Å². The van der Waals surface area contributed by atoms with Crippen molar-refractivity contribution in [1.29, 1.82) is 0 Å². The van der Waals surface area contributed by atoms with E-state index in [0.29, 0.717) is 23.4 Å². The van der Waals surface area contributed by atoms with E-state index < -0.39 is 51.5 Å². The molecule has 37 heavy (non-hydrogen) atoms. The van der Waals surface area contributed by atoms with Gasteiger partial charge in [0.2, 0.25) is 5.91 Å². The number of amides is 1. The molecule has 10 heteroatoms. The van der Waals surface area contributed by atoms with E-state index in [9.17, 15) is 27.5 Å². The standard InChI is InChI=1S/C27H30Cl2FNO5S/c1-16(9-10-37(35,36)22-7-8-22)31-25(17-3-5-19(28)6-4-17)23(18-11-20(29)13-21(30)12-18)14-27(2,26(31)34)15-24(32)33/h3-6,11-13,16,22-23,25H,7-10,14-15H2,1-2H3,(H,32,33)/t16-,23+,25+,27+/m0/s1. The number of rotatable bonds is 9. The van der Waals surface area contributed by atoms with Crippen LogP contribution in [0.25, 0.3) is 0 Å². The van der Waals surface area contributed by atoms with E-state index in [2.05, 4.69) is 0 Å². The van der Waals surface area contributed by atoms with E-state index >= 15 is 0 Å². The topological polar surface area (TPSA) is 91.8 Å². The summed E-state index contributed by atoms with van der Waals surface area (Å²) in [6.07, 6.45) is 1.25. The molecule has 0 radical (unpaired) electrons. The molecular weight excluding hydrogens is 540 g/mol. The van der Waals surface area contributed by atoms with Crippen LogP contribution in [0.3, 0.4) is 0 Å². The third-order valence-corrected chi connectivity index (χ3v) is 10.3. The molecule has 0 unspecified atom stereocenters. The fourth-order valence-electron chi connectivity index (χ4n) is 5.48. The molecule has 0 spiro atoms. The number of halogens is 3. The summed E-state index contributed by atoms with van der Waals surface area (Å²) in [5.74, 6) is -2.60. The van der Waals surface area contributed by atoms with Gasteiger partial charge in [-0.25, -0.2) is 12.8 Å². The molecule has 0 bridgehead atoms. The van der Waals surface area contributed by atoms with Crippen LogP contribution in [-0.4, -0.2) is 47.3 Å². The fourth-order valence-corrected chi connectivity index (χ4v) is 7.70. The van der Waals surface area contributed by atoms with Crippen molar-refractivity contribution in [2.45, 2.75) is 69.2 Å². The maximum absolute atomic E-state index is 14.5. The highest BCUT2D eigenvalue weighted by atomic mass is 35.5. The van der Waals surface area contributed by atoms with Crippen molar-refractivity contribution in [2.75, 3.05) is 5.75 Å². The lowest BCUT2D eigenvalue weighted by atomic mass is 9.67. The summed E-state index contributed by atoms with van der Waals surface area (Å²) >= 11 is 12.3. The van der Waals surface area contributed by atoms with Crippen LogP contribution >= 0.6 is 23.2 Å². The van der Waals surface area contributed by atoms with E-state index in [-0.39, 0.29) is 34.8 Å². The molecule has 1 aliphatic carbocycles. The number of nitrogens with zero attached hydrogens (tertiary/aromatic N) is 1. The second-order valence-electron chi connectivity index (χ2n) is 10.6. The zero-order valence-corrected chi connectivity index (χ0v) is 23.0. The van der Waals surface area contributed by atoms with Gasteiger partial charge in [0.25, 0.3) is 0 Å². The molecule has 0 aromatic heterocycles. The van der Waals surface area contributed by atoms with Crippen LogP contribution in [0.1, 0.15) is 69.0 Å². The number of likely N-dealkylation sites (tertiary alicyclic amines) is 1. The zero-order valence-electron chi connectivity index (χ0n) is 20.7. The van der Waals surface area contributed by atoms with Gasteiger partial charge in [-0.1, -0.05) is 42.3 Å². The zero-order chi connectivity index (χ0) is 27.1. The van der Waals surface area contributed by atoms with Crippen LogP contribution in [0.5, 0.6) is 0 Å². The van der Waals surface area contributed by atoms with Crippen molar-refractivity contribution < 1.29 is 27.5 Å². The third-order valence-electron chi connectivity index (χ3n) is 7.50. The Morgan fingerprint density at radius 3 is 2.35 bits per heavy atom. The number of hydrogen-bond acceptors (Lipinski definition) is 4. The molecule has 1 heterocycles.